The fourth-order valence-electron chi connectivity index (χ4n) is 4.83. The third-order valence-corrected chi connectivity index (χ3v) is 6.50. The van der Waals surface area contributed by atoms with Crippen molar-refractivity contribution in [2.75, 3.05) is 7.05 Å². The van der Waals surface area contributed by atoms with Crippen LogP contribution >= 0.6 is 0 Å². The maximum Gasteiger partial charge on any atom is 0.0274 e. The van der Waals surface area contributed by atoms with E-state index in [1.54, 1.807) is 0 Å². The van der Waals surface area contributed by atoms with Gasteiger partial charge in [-0.25, -0.2) is 0 Å². The van der Waals surface area contributed by atoms with Gasteiger partial charge in [-0.3, -0.25) is 4.90 Å². The number of allylic oxidation sites excluding steroid dienone is 1. The highest BCUT2D eigenvalue weighted by Crippen LogP contribution is 2.70. The van der Waals surface area contributed by atoms with Gasteiger partial charge in [0.15, 0.2) is 0 Å². The second kappa shape index (κ2) is 4.10. The Morgan fingerprint density at radius 2 is 1.94 bits per heavy atom. The molecular formula is C17H31N. The van der Waals surface area contributed by atoms with E-state index in [-0.39, 0.29) is 5.54 Å². The molecule has 1 nitrogen and oxygen atoms in total. The number of likely N-dealkylation sites (tertiary alicyclic amines) is 1. The Balaban J connectivity index is 2.42. The van der Waals surface area contributed by atoms with Gasteiger partial charge in [-0.05, 0) is 57.4 Å². The number of fused-ring (bicyclic) bond motifs is 1. The van der Waals surface area contributed by atoms with E-state index in [1.807, 2.05) is 0 Å². The van der Waals surface area contributed by atoms with Crippen LogP contribution in [-0.2, 0) is 0 Å². The third-order valence-electron chi connectivity index (χ3n) is 6.50. The first-order valence-electron chi connectivity index (χ1n) is 7.61. The molecule has 0 N–H and O–H groups in total. The van der Waals surface area contributed by atoms with Crippen LogP contribution in [0.4, 0.5) is 0 Å². The minimum atomic E-state index is 0.288. The normalized spacial score (nSPS) is 47.2. The van der Waals surface area contributed by atoms with Crippen molar-refractivity contribution in [1.29, 1.82) is 0 Å². The molecule has 0 bridgehead atoms. The second-order valence-electron chi connectivity index (χ2n) is 7.64. The van der Waals surface area contributed by atoms with Crippen molar-refractivity contribution in [3.8, 4) is 0 Å². The minimum Gasteiger partial charge on any atom is -0.295 e. The zero-order valence-corrected chi connectivity index (χ0v) is 13.2. The van der Waals surface area contributed by atoms with Crippen LogP contribution in [0.15, 0.2) is 12.7 Å². The highest BCUT2D eigenvalue weighted by Gasteiger charge is 2.71. The largest absolute Gasteiger partial charge is 0.295 e. The van der Waals surface area contributed by atoms with E-state index in [0.717, 1.165) is 5.92 Å². The van der Waals surface area contributed by atoms with E-state index < -0.39 is 0 Å². The molecule has 2 aliphatic rings. The number of nitrogens with zero attached hydrogens (tertiary/aromatic N) is 1. The van der Waals surface area contributed by atoms with Crippen molar-refractivity contribution in [1.82, 2.24) is 4.90 Å². The number of hydrogen-bond donors (Lipinski definition) is 0. The summed E-state index contributed by atoms with van der Waals surface area (Å²) in [6.07, 6.45) is 7.47. The Hall–Kier alpha value is -0.300. The molecule has 0 radical (unpaired) electrons. The molecule has 2 rings (SSSR count). The predicted octanol–water partition coefficient (Wildman–Crippen LogP) is 4.49. The lowest BCUT2D eigenvalue weighted by molar-refractivity contribution is 0.0612. The van der Waals surface area contributed by atoms with E-state index in [0.29, 0.717) is 16.9 Å². The lowest BCUT2D eigenvalue weighted by atomic mass is 9.76. The molecule has 1 aliphatic carbocycles. The molecule has 0 aromatic rings. The summed E-state index contributed by atoms with van der Waals surface area (Å²) in [6.45, 7) is 16.2. The Kier molecular flexibility index (Phi) is 3.21. The van der Waals surface area contributed by atoms with Gasteiger partial charge in [0, 0.05) is 11.1 Å². The minimum absolute atomic E-state index is 0.288. The van der Waals surface area contributed by atoms with Crippen molar-refractivity contribution < 1.29 is 0 Å². The molecule has 1 heterocycles. The van der Waals surface area contributed by atoms with Gasteiger partial charge in [-0.1, -0.05) is 33.3 Å². The fourth-order valence-corrected chi connectivity index (χ4v) is 4.83. The summed E-state index contributed by atoms with van der Waals surface area (Å²) in [5.74, 6) is 1.42. The van der Waals surface area contributed by atoms with Gasteiger partial charge in [0.1, 0.15) is 0 Å². The van der Waals surface area contributed by atoms with E-state index in [2.05, 4.69) is 59.2 Å². The number of rotatable bonds is 3. The van der Waals surface area contributed by atoms with Crippen LogP contribution in [0.1, 0.15) is 60.3 Å². The lowest BCUT2D eigenvalue weighted by Gasteiger charge is -2.42. The quantitative estimate of drug-likeness (QED) is 0.666. The monoisotopic (exact) mass is 249 g/mol. The Labute approximate surface area is 114 Å². The van der Waals surface area contributed by atoms with Gasteiger partial charge < -0.3 is 0 Å². The molecule has 0 aromatic heterocycles. The summed E-state index contributed by atoms with van der Waals surface area (Å²) in [5, 5.41) is 0. The van der Waals surface area contributed by atoms with Gasteiger partial charge in [0.25, 0.3) is 0 Å². The van der Waals surface area contributed by atoms with Crippen LogP contribution in [0, 0.1) is 17.3 Å². The first-order valence-corrected chi connectivity index (χ1v) is 7.61. The highest BCUT2D eigenvalue weighted by atomic mass is 15.3. The second-order valence-corrected chi connectivity index (χ2v) is 7.64. The molecule has 4 atom stereocenters. The molecule has 0 spiro atoms. The van der Waals surface area contributed by atoms with E-state index in [4.69, 9.17) is 0 Å². The van der Waals surface area contributed by atoms with Crippen LogP contribution in [0.3, 0.4) is 0 Å². The van der Waals surface area contributed by atoms with Crippen molar-refractivity contribution >= 4 is 0 Å². The molecule has 1 heteroatoms. The van der Waals surface area contributed by atoms with Gasteiger partial charge in [-0.2, -0.15) is 0 Å². The molecule has 1 aliphatic heterocycles. The molecule has 2 fully saturated rings. The van der Waals surface area contributed by atoms with E-state index >= 15 is 0 Å². The van der Waals surface area contributed by atoms with Crippen molar-refractivity contribution in [2.45, 2.75) is 71.4 Å². The Morgan fingerprint density at radius 1 is 1.33 bits per heavy atom. The summed E-state index contributed by atoms with van der Waals surface area (Å²) in [7, 11) is 2.36. The smallest absolute Gasteiger partial charge is 0.0274 e. The van der Waals surface area contributed by atoms with E-state index in [1.165, 1.54) is 25.7 Å². The molecule has 1 saturated carbocycles. The summed E-state index contributed by atoms with van der Waals surface area (Å²) in [5.41, 5.74) is 1.23. The standard InChI is InChI=1S/C17H31N/c1-8-10-17-12-16(17,6)13(3)14(9-2)11-15(4,5)18(17)7/h9,13-14H,2,8,10-12H2,1,3-7H3. The predicted molar refractivity (Wildman–Crippen MR) is 79.7 cm³/mol. The molecule has 0 aromatic carbocycles. The topological polar surface area (TPSA) is 3.24 Å². The van der Waals surface area contributed by atoms with Crippen LogP contribution < -0.4 is 0 Å². The van der Waals surface area contributed by atoms with Gasteiger partial charge in [0.05, 0.1) is 0 Å². The summed E-state index contributed by atoms with van der Waals surface area (Å²) in [4.78, 5) is 2.71. The van der Waals surface area contributed by atoms with Crippen LogP contribution in [0.5, 0.6) is 0 Å². The maximum atomic E-state index is 4.10. The Bertz CT molecular complexity index is 346. The molecule has 0 amide bonds. The lowest BCUT2D eigenvalue weighted by Crippen LogP contribution is -2.50. The van der Waals surface area contributed by atoms with Crippen molar-refractivity contribution in [3.05, 3.63) is 12.7 Å². The van der Waals surface area contributed by atoms with Crippen molar-refractivity contribution in [2.24, 2.45) is 17.3 Å². The van der Waals surface area contributed by atoms with Crippen LogP contribution in [-0.4, -0.2) is 23.0 Å². The van der Waals surface area contributed by atoms with Gasteiger partial charge in [0.2, 0.25) is 0 Å². The zero-order valence-electron chi connectivity index (χ0n) is 13.2. The number of hydrogen-bond acceptors (Lipinski definition) is 1. The fraction of sp³-hybridized carbons (Fsp3) is 0.882. The average molecular weight is 249 g/mol. The zero-order chi connectivity index (χ0) is 13.8. The molecule has 18 heavy (non-hydrogen) atoms. The summed E-state index contributed by atoms with van der Waals surface area (Å²) >= 11 is 0. The third kappa shape index (κ3) is 1.62. The van der Waals surface area contributed by atoms with Gasteiger partial charge >= 0.3 is 0 Å². The van der Waals surface area contributed by atoms with Crippen LogP contribution in [0.25, 0.3) is 0 Å². The van der Waals surface area contributed by atoms with E-state index in [9.17, 15) is 0 Å². The average Bonchev–Trinajstić information content (AvgIpc) is 2.92. The first kappa shape index (κ1) is 14.1. The first-order chi connectivity index (χ1) is 8.25. The summed E-state index contributed by atoms with van der Waals surface area (Å²) in [6, 6.07) is 0. The van der Waals surface area contributed by atoms with Crippen LogP contribution in [0.2, 0.25) is 0 Å². The van der Waals surface area contributed by atoms with Gasteiger partial charge in [-0.15, -0.1) is 6.58 Å². The Morgan fingerprint density at radius 3 is 2.44 bits per heavy atom. The molecule has 104 valence electrons. The molecule has 4 unspecified atom stereocenters. The van der Waals surface area contributed by atoms with Crippen molar-refractivity contribution in [3.63, 3.8) is 0 Å². The summed E-state index contributed by atoms with van der Waals surface area (Å²) < 4.78 is 0. The molecule has 1 saturated heterocycles. The SMILES string of the molecule is C=CC1CC(C)(C)N(C)C2(CCC)CC2(C)C1C. The molecular weight excluding hydrogens is 218 g/mol. The highest BCUT2D eigenvalue weighted by molar-refractivity contribution is 5.25. The maximum absolute atomic E-state index is 4.10.